The summed E-state index contributed by atoms with van der Waals surface area (Å²) in [6.07, 6.45) is 4.91. The maximum Gasteiger partial charge on any atom is 0.0485 e. The monoisotopic (exact) mass is 189 g/mol. The standard InChI is InChI=1S/C14H7N/c1-2-3-4-5-6-7-10-13-11-8-9-12-14(13)15/h1,8-9,11-12H,15H2. The van der Waals surface area contributed by atoms with Gasteiger partial charge in [0.2, 0.25) is 0 Å². The quantitative estimate of drug-likeness (QED) is 0.482. The van der Waals surface area contributed by atoms with Gasteiger partial charge in [0.15, 0.2) is 0 Å². The molecule has 68 valence electrons. The highest BCUT2D eigenvalue weighted by molar-refractivity contribution is 5.57. The van der Waals surface area contributed by atoms with E-state index in [0.717, 1.165) is 5.56 Å². The summed E-state index contributed by atoms with van der Waals surface area (Å²) in [7, 11) is 0. The Morgan fingerprint density at radius 1 is 0.933 bits per heavy atom. The molecule has 0 spiro atoms. The smallest absolute Gasteiger partial charge is 0.0485 e. The van der Waals surface area contributed by atoms with Crippen LogP contribution in [0.25, 0.3) is 0 Å². The molecule has 1 rings (SSSR count). The second-order valence-electron chi connectivity index (χ2n) is 2.48. The van der Waals surface area contributed by atoms with Gasteiger partial charge in [-0.3, -0.25) is 0 Å². The molecule has 0 fully saturated rings. The third-order valence-corrected chi connectivity index (χ3v) is 1.48. The summed E-state index contributed by atoms with van der Waals surface area (Å²) in [4.78, 5) is 0. The highest BCUT2D eigenvalue weighted by Gasteiger charge is 1.89. The molecule has 1 aromatic carbocycles. The first-order valence-corrected chi connectivity index (χ1v) is 4.15. The van der Waals surface area contributed by atoms with E-state index in [1.165, 1.54) is 0 Å². The van der Waals surface area contributed by atoms with Crippen molar-refractivity contribution in [3.8, 4) is 47.9 Å². The predicted octanol–water partition coefficient (Wildman–Crippen LogP) is 1.26. The molecule has 1 nitrogen and oxygen atoms in total. The minimum atomic E-state index is 0.640. The van der Waals surface area contributed by atoms with Gasteiger partial charge in [0.25, 0.3) is 0 Å². The molecule has 0 aliphatic carbocycles. The third kappa shape index (κ3) is 3.65. The van der Waals surface area contributed by atoms with E-state index in [1.54, 1.807) is 6.07 Å². The minimum Gasteiger partial charge on any atom is -0.398 e. The van der Waals surface area contributed by atoms with Crippen LogP contribution in [0.1, 0.15) is 5.56 Å². The maximum atomic E-state index is 5.68. The minimum absolute atomic E-state index is 0.640. The molecule has 0 aliphatic rings. The van der Waals surface area contributed by atoms with Gasteiger partial charge < -0.3 is 5.73 Å². The van der Waals surface area contributed by atoms with Gasteiger partial charge in [-0.2, -0.15) is 0 Å². The average molecular weight is 189 g/mol. The van der Waals surface area contributed by atoms with Crippen molar-refractivity contribution >= 4 is 5.69 Å². The van der Waals surface area contributed by atoms with Crippen LogP contribution in [0.5, 0.6) is 0 Å². The lowest BCUT2D eigenvalue weighted by Gasteiger charge is -1.93. The van der Waals surface area contributed by atoms with Crippen LogP contribution in [0, 0.1) is 47.9 Å². The highest BCUT2D eigenvalue weighted by atomic mass is 14.5. The summed E-state index contributed by atoms with van der Waals surface area (Å²) < 4.78 is 0. The fourth-order valence-electron chi connectivity index (χ4n) is 0.839. The number of terminal acetylenes is 1. The molecule has 0 heterocycles. The number of hydrogen-bond donors (Lipinski definition) is 1. The fraction of sp³-hybridized carbons (Fsp3) is 0. The number of anilines is 1. The average Bonchev–Trinajstić information content (AvgIpc) is 2.25. The Balaban J connectivity index is 2.79. The zero-order valence-electron chi connectivity index (χ0n) is 7.96. The van der Waals surface area contributed by atoms with Crippen LogP contribution in [0.2, 0.25) is 0 Å². The molecule has 0 atom stereocenters. The second kappa shape index (κ2) is 5.83. The molecule has 0 saturated carbocycles. The van der Waals surface area contributed by atoms with Crippen molar-refractivity contribution in [3.63, 3.8) is 0 Å². The summed E-state index contributed by atoms with van der Waals surface area (Å²) in [6.45, 7) is 0. The van der Waals surface area contributed by atoms with Crippen LogP contribution in [-0.4, -0.2) is 0 Å². The SMILES string of the molecule is C#CC#CC#CC#Cc1ccccc1N. The molecule has 1 aromatic rings. The van der Waals surface area contributed by atoms with Gasteiger partial charge >= 0.3 is 0 Å². The molecular weight excluding hydrogens is 182 g/mol. The van der Waals surface area contributed by atoms with E-state index in [-0.39, 0.29) is 0 Å². The number of benzene rings is 1. The lowest BCUT2D eigenvalue weighted by Crippen LogP contribution is -1.87. The van der Waals surface area contributed by atoms with Crippen molar-refractivity contribution in [1.29, 1.82) is 0 Å². The Hall–Kier alpha value is -2.74. The van der Waals surface area contributed by atoms with Crippen molar-refractivity contribution < 1.29 is 0 Å². The lowest BCUT2D eigenvalue weighted by molar-refractivity contribution is 1.63. The Labute approximate surface area is 89.7 Å². The van der Waals surface area contributed by atoms with Crippen LogP contribution >= 0.6 is 0 Å². The summed E-state index contributed by atoms with van der Waals surface area (Å²) in [5, 5.41) is 0. The van der Waals surface area contributed by atoms with Gasteiger partial charge in [0, 0.05) is 11.3 Å². The first-order chi connectivity index (χ1) is 7.34. The van der Waals surface area contributed by atoms with Crippen molar-refractivity contribution in [1.82, 2.24) is 0 Å². The summed E-state index contributed by atoms with van der Waals surface area (Å²) in [5.41, 5.74) is 7.08. The molecule has 0 bridgehead atoms. The molecule has 0 radical (unpaired) electrons. The van der Waals surface area contributed by atoms with Crippen molar-refractivity contribution in [3.05, 3.63) is 29.8 Å². The molecule has 15 heavy (non-hydrogen) atoms. The Morgan fingerprint density at radius 2 is 1.60 bits per heavy atom. The largest absolute Gasteiger partial charge is 0.398 e. The van der Waals surface area contributed by atoms with Crippen LogP contribution in [0.3, 0.4) is 0 Å². The van der Waals surface area contributed by atoms with E-state index in [0.29, 0.717) is 5.69 Å². The highest BCUT2D eigenvalue weighted by Crippen LogP contribution is 2.07. The molecule has 0 amide bonds. The number of nitrogen functional groups attached to an aromatic ring is 1. The number of para-hydroxylation sites is 1. The van der Waals surface area contributed by atoms with Crippen molar-refractivity contribution in [2.24, 2.45) is 0 Å². The van der Waals surface area contributed by atoms with Crippen LogP contribution in [0.4, 0.5) is 5.69 Å². The van der Waals surface area contributed by atoms with Crippen LogP contribution in [0.15, 0.2) is 24.3 Å². The molecule has 0 unspecified atom stereocenters. The summed E-state index contributed by atoms with van der Waals surface area (Å²) >= 11 is 0. The van der Waals surface area contributed by atoms with E-state index < -0.39 is 0 Å². The van der Waals surface area contributed by atoms with Crippen molar-refractivity contribution in [2.45, 2.75) is 0 Å². The predicted molar refractivity (Wildman–Crippen MR) is 62.1 cm³/mol. The third-order valence-electron chi connectivity index (χ3n) is 1.48. The van der Waals surface area contributed by atoms with Gasteiger partial charge in [0.1, 0.15) is 0 Å². The van der Waals surface area contributed by atoms with Gasteiger partial charge in [-0.25, -0.2) is 0 Å². The number of rotatable bonds is 0. The Bertz CT molecular complexity index is 569. The van der Waals surface area contributed by atoms with Crippen molar-refractivity contribution in [2.75, 3.05) is 5.73 Å². The van der Waals surface area contributed by atoms with Gasteiger partial charge in [-0.05, 0) is 47.7 Å². The topological polar surface area (TPSA) is 26.0 Å². The summed E-state index contributed by atoms with van der Waals surface area (Å²) in [6, 6.07) is 7.34. The van der Waals surface area contributed by atoms with E-state index in [1.807, 2.05) is 18.2 Å². The van der Waals surface area contributed by atoms with E-state index >= 15 is 0 Å². The molecule has 0 aliphatic heterocycles. The normalized spacial score (nSPS) is 6.60. The van der Waals surface area contributed by atoms with E-state index in [2.05, 4.69) is 41.4 Å². The van der Waals surface area contributed by atoms with Gasteiger partial charge in [-0.15, -0.1) is 6.42 Å². The zero-order valence-corrected chi connectivity index (χ0v) is 7.96. The number of nitrogens with two attached hydrogens (primary N) is 1. The van der Waals surface area contributed by atoms with Crippen LogP contribution in [-0.2, 0) is 0 Å². The lowest BCUT2D eigenvalue weighted by atomic mass is 10.2. The molecular formula is C14H7N. The Morgan fingerprint density at radius 3 is 2.33 bits per heavy atom. The van der Waals surface area contributed by atoms with E-state index in [4.69, 9.17) is 12.2 Å². The fourth-order valence-corrected chi connectivity index (χ4v) is 0.839. The zero-order chi connectivity index (χ0) is 10.9. The van der Waals surface area contributed by atoms with Gasteiger partial charge in [0.05, 0.1) is 0 Å². The van der Waals surface area contributed by atoms with E-state index in [9.17, 15) is 0 Å². The molecule has 2 N–H and O–H groups in total. The summed E-state index contributed by atoms with van der Waals surface area (Å²) in [5.74, 6) is 17.5. The molecule has 0 aromatic heterocycles. The van der Waals surface area contributed by atoms with Crippen LogP contribution < -0.4 is 5.73 Å². The first-order valence-electron chi connectivity index (χ1n) is 4.15. The number of hydrogen-bond acceptors (Lipinski definition) is 1. The maximum absolute atomic E-state index is 5.68. The van der Waals surface area contributed by atoms with Gasteiger partial charge in [-0.1, -0.05) is 18.1 Å². The molecule has 1 heteroatoms. The Kier molecular flexibility index (Phi) is 4.02. The first kappa shape index (κ1) is 10.3. The molecule has 0 saturated heterocycles. The second-order valence-corrected chi connectivity index (χ2v) is 2.48.